The third-order valence-corrected chi connectivity index (χ3v) is 2.49. The third-order valence-electron chi connectivity index (χ3n) is 2.49. The number of aliphatic hydroxyl groups excluding tert-OH is 1. The summed E-state index contributed by atoms with van der Waals surface area (Å²) in [5, 5.41) is 20.7. The smallest absolute Gasteiger partial charge is 0.328 e. The summed E-state index contributed by atoms with van der Waals surface area (Å²) in [4.78, 5) is 24.6. The van der Waals surface area contributed by atoms with Gasteiger partial charge >= 0.3 is 12.0 Å². The van der Waals surface area contributed by atoms with Gasteiger partial charge in [0.2, 0.25) is 0 Å². The van der Waals surface area contributed by atoms with Crippen LogP contribution in [-0.2, 0) is 4.79 Å². The van der Waals surface area contributed by atoms with E-state index in [2.05, 4.69) is 5.32 Å². The number of urea groups is 1. The van der Waals surface area contributed by atoms with E-state index in [1.165, 1.54) is 6.92 Å². The van der Waals surface area contributed by atoms with E-state index in [1.807, 2.05) is 27.7 Å². The number of carboxylic acid groups (broad SMARTS) is 1. The van der Waals surface area contributed by atoms with Gasteiger partial charge in [0.15, 0.2) is 6.04 Å². The Bertz CT molecular complexity index is 293. The van der Waals surface area contributed by atoms with Crippen molar-refractivity contribution in [3.63, 3.8) is 0 Å². The van der Waals surface area contributed by atoms with Gasteiger partial charge in [-0.1, -0.05) is 27.7 Å². The number of aliphatic carboxylic acids is 1. The maximum atomic E-state index is 12.1. The molecule has 3 N–H and O–H groups in total. The first-order valence-corrected chi connectivity index (χ1v) is 6.61. The van der Waals surface area contributed by atoms with Crippen molar-refractivity contribution in [2.24, 2.45) is 11.8 Å². The molecular formula is C13H26N2O4. The molecule has 0 aliphatic heterocycles. The van der Waals surface area contributed by atoms with Gasteiger partial charge in [0.05, 0.1) is 6.10 Å². The fourth-order valence-electron chi connectivity index (χ4n) is 1.73. The Hall–Kier alpha value is -1.30. The largest absolute Gasteiger partial charge is 0.480 e. The normalized spacial score (nSPS) is 14.3. The first-order valence-electron chi connectivity index (χ1n) is 6.61. The third kappa shape index (κ3) is 7.00. The van der Waals surface area contributed by atoms with Gasteiger partial charge in [0.1, 0.15) is 0 Å². The predicted octanol–water partition coefficient (Wildman–Crippen LogP) is 1.14. The highest BCUT2D eigenvalue weighted by molar-refractivity contribution is 5.83. The minimum absolute atomic E-state index is 0.291. The summed E-state index contributed by atoms with van der Waals surface area (Å²) in [5.41, 5.74) is 0. The van der Waals surface area contributed by atoms with Crippen molar-refractivity contribution in [3.8, 4) is 0 Å². The van der Waals surface area contributed by atoms with Crippen LogP contribution in [-0.4, -0.2) is 52.3 Å². The van der Waals surface area contributed by atoms with Crippen molar-refractivity contribution < 1.29 is 19.8 Å². The second-order valence-corrected chi connectivity index (χ2v) is 5.70. The van der Waals surface area contributed by atoms with E-state index in [4.69, 9.17) is 5.11 Å². The Labute approximate surface area is 114 Å². The standard InChI is InChI=1S/C13H26N2O4/c1-8(2)6-15(7-9(3)4)13(19)14-11(10(5)16)12(17)18/h8-11,16H,6-7H2,1-5H3,(H,14,19)(H,17,18)/t10-,11+/m1/s1. The maximum Gasteiger partial charge on any atom is 0.328 e. The topological polar surface area (TPSA) is 89.9 Å². The molecule has 0 saturated heterocycles. The number of hydrogen-bond acceptors (Lipinski definition) is 3. The van der Waals surface area contributed by atoms with Crippen LogP contribution in [0.3, 0.4) is 0 Å². The van der Waals surface area contributed by atoms with Gasteiger partial charge in [-0.05, 0) is 18.8 Å². The monoisotopic (exact) mass is 274 g/mol. The van der Waals surface area contributed by atoms with Crippen molar-refractivity contribution in [2.45, 2.75) is 46.8 Å². The molecule has 0 aliphatic rings. The number of hydrogen-bond donors (Lipinski definition) is 3. The number of nitrogens with zero attached hydrogens (tertiary/aromatic N) is 1. The molecule has 6 nitrogen and oxygen atoms in total. The molecule has 0 spiro atoms. The maximum absolute atomic E-state index is 12.1. The van der Waals surface area contributed by atoms with E-state index < -0.39 is 24.1 Å². The molecule has 0 aliphatic carbocycles. The van der Waals surface area contributed by atoms with Gasteiger partial charge in [-0.15, -0.1) is 0 Å². The van der Waals surface area contributed by atoms with Crippen LogP contribution in [0.15, 0.2) is 0 Å². The highest BCUT2D eigenvalue weighted by Gasteiger charge is 2.27. The molecule has 0 aromatic carbocycles. The fraction of sp³-hybridized carbons (Fsp3) is 0.846. The Morgan fingerprint density at radius 2 is 1.47 bits per heavy atom. The lowest BCUT2D eigenvalue weighted by molar-refractivity contribution is -0.141. The molecule has 0 rings (SSSR count). The molecule has 112 valence electrons. The average Bonchev–Trinajstić information content (AvgIpc) is 2.22. The van der Waals surface area contributed by atoms with Crippen molar-refractivity contribution >= 4 is 12.0 Å². The Kier molecular flexibility index (Phi) is 7.44. The van der Waals surface area contributed by atoms with Gasteiger partial charge in [0, 0.05) is 13.1 Å². The van der Waals surface area contributed by atoms with E-state index in [9.17, 15) is 14.7 Å². The first kappa shape index (κ1) is 17.7. The summed E-state index contributed by atoms with van der Waals surface area (Å²) in [7, 11) is 0. The number of carboxylic acids is 1. The summed E-state index contributed by atoms with van der Waals surface area (Å²) in [6.07, 6.45) is -1.14. The predicted molar refractivity (Wildman–Crippen MR) is 72.9 cm³/mol. The Balaban J connectivity index is 4.73. The molecule has 0 aromatic rings. The van der Waals surface area contributed by atoms with Crippen LogP contribution in [0, 0.1) is 11.8 Å². The highest BCUT2D eigenvalue weighted by Crippen LogP contribution is 2.05. The van der Waals surface area contributed by atoms with Crippen LogP contribution >= 0.6 is 0 Å². The lowest BCUT2D eigenvalue weighted by Crippen LogP contribution is -2.53. The summed E-state index contributed by atoms with van der Waals surface area (Å²) in [6, 6.07) is -1.73. The zero-order valence-electron chi connectivity index (χ0n) is 12.4. The minimum Gasteiger partial charge on any atom is -0.480 e. The number of carbonyl (C=O) groups excluding carboxylic acids is 1. The minimum atomic E-state index is -1.28. The molecule has 19 heavy (non-hydrogen) atoms. The van der Waals surface area contributed by atoms with E-state index >= 15 is 0 Å². The average molecular weight is 274 g/mol. The van der Waals surface area contributed by atoms with Crippen molar-refractivity contribution in [1.82, 2.24) is 10.2 Å². The molecule has 0 bridgehead atoms. The van der Waals surface area contributed by atoms with Crippen LogP contribution in [0.4, 0.5) is 4.79 Å². The van der Waals surface area contributed by atoms with Crippen LogP contribution in [0.2, 0.25) is 0 Å². The fourth-order valence-corrected chi connectivity index (χ4v) is 1.73. The van der Waals surface area contributed by atoms with Crippen LogP contribution in [0.1, 0.15) is 34.6 Å². The molecule has 0 unspecified atom stereocenters. The molecular weight excluding hydrogens is 248 g/mol. The first-order chi connectivity index (χ1) is 8.65. The zero-order valence-corrected chi connectivity index (χ0v) is 12.4. The summed E-state index contributed by atoms with van der Waals surface area (Å²) in [5.74, 6) is -0.656. The molecule has 0 saturated carbocycles. The number of carbonyl (C=O) groups is 2. The lowest BCUT2D eigenvalue weighted by Gasteiger charge is -2.28. The quantitative estimate of drug-likeness (QED) is 0.649. The van der Waals surface area contributed by atoms with Gasteiger partial charge in [0.25, 0.3) is 0 Å². The summed E-state index contributed by atoms with van der Waals surface area (Å²) >= 11 is 0. The van der Waals surface area contributed by atoms with Crippen LogP contribution in [0.25, 0.3) is 0 Å². The van der Waals surface area contributed by atoms with Gasteiger partial charge in [-0.25, -0.2) is 9.59 Å². The van der Waals surface area contributed by atoms with E-state index in [0.29, 0.717) is 24.9 Å². The molecule has 2 amide bonds. The number of nitrogens with one attached hydrogen (secondary N) is 1. The van der Waals surface area contributed by atoms with Crippen molar-refractivity contribution in [3.05, 3.63) is 0 Å². The van der Waals surface area contributed by atoms with Gasteiger partial charge in [-0.2, -0.15) is 0 Å². The zero-order chi connectivity index (χ0) is 15.2. The molecule has 2 atom stereocenters. The molecule has 0 fully saturated rings. The number of aliphatic hydroxyl groups is 1. The van der Waals surface area contributed by atoms with Crippen molar-refractivity contribution in [2.75, 3.05) is 13.1 Å². The van der Waals surface area contributed by atoms with E-state index in [-0.39, 0.29) is 0 Å². The highest BCUT2D eigenvalue weighted by atomic mass is 16.4. The molecule has 0 heterocycles. The van der Waals surface area contributed by atoms with Gasteiger partial charge < -0.3 is 20.4 Å². The van der Waals surface area contributed by atoms with E-state index in [1.54, 1.807) is 4.90 Å². The van der Waals surface area contributed by atoms with Gasteiger partial charge in [-0.3, -0.25) is 0 Å². The van der Waals surface area contributed by atoms with Crippen molar-refractivity contribution in [1.29, 1.82) is 0 Å². The van der Waals surface area contributed by atoms with E-state index in [0.717, 1.165) is 0 Å². The SMILES string of the molecule is CC(C)CN(CC(C)C)C(=O)N[C@H](C(=O)O)[C@@H](C)O. The Morgan fingerprint density at radius 1 is 1.05 bits per heavy atom. The lowest BCUT2D eigenvalue weighted by atomic mass is 10.1. The number of rotatable bonds is 7. The molecule has 6 heteroatoms. The second kappa shape index (κ2) is 7.99. The summed E-state index contributed by atoms with van der Waals surface area (Å²) < 4.78 is 0. The summed E-state index contributed by atoms with van der Waals surface area (Å²) in [6.45, 7) is 10.4. The second-order valence-electron chi connectivity index (χ2n) is 5.70. The molecule has 0 aromatic heterocycles. The number of amides is 2. The van der Waals surface area contributed by atoms with Crippen LogP contribution < -0.4 is 5.32 Å². The Morgan fingerprint density at radius 3 is 1.74 bits per heavy atom. The van der Waals surface area contributed by atoms with Crippen LogP contribution in [0.5, 0.6) is 0 Å². The molecule has 0 radical (unpaired) electrons.